The van der Waals surface area contributed by atoms with Gasteiger partial charge in [0, 0.05) is 12.6 Å². The van der Waals surface area contributed by atoms with Crippen LogP contribution in [0.4, 0.5) is 0 Å². The molecule has 0 saturated carbocycles. The fourth-order valence-electron chi connectivity index (χ4n) is 2.14. The lowest BCUT2D eigenvalue weighted by Gasteiger charge is -2.17. The van der Waals surface area contributed by atoms with Gasteiger partial charge < -0.3 is 14.6 Å². The number of hydrogen-bond acceptors (Lipinski definition) is 3. The number of oxime groups is 1. The van der Waals surface area contributed by atoms with E-state index in [2.05, 4.69) is 5.16 Å². The molecule has 0 saturated heterocycles. The van der Waals surface area contributed by atoms with Crippen LogP contribution < -0.4 is 0 Å². The van der Waals surface area contributed by atoms with Gasteiger partial charge in [-0.25, -0.2) is 0 Å². The zero-order valence-electron chi connectivity index (χ0n) is 12.9. The van der Waals surface area contributed by atoms with Gasteiger partial charge in [-0.1, -0.05) is 65.3 Å². The molecule has 1 atom stereocenters. The molecule has 0 aliphatic carbocycles. The molecule has 2 N–H and O–H groups in total. The highest BCUT2D eigenvalue weighted by atomic mass is 31.2. The zero-order valence-corrected chi connectivity index (χ0v) is 13.8. The molecule has 2 rings (SSSR count). The Bertz CT molecular complexity index is 679. The third-order valence-electron chi connectivity index (χ3n) is 3.42. The van der Waals surface area contributed by atoms with Crippen molar-refractivity contribution in [1.29, 1.82) is 0 Å². The van der Waals surface area contributed by atoms with Gasteiger partial charge in [0.2, 0.25) is 0 Å². The third kappa shape index (κ3) is 5.64. The second kappa shape index (κ2) is 8.06. The van der Waals surface area contributed by atoms with Crippen LogP contribution in [0.1, 0.15) is 28.8 Å². The summed E-state index contributed by atoms with van der Waals surface area (Å²) >= 11 is 0. The molecule has 0 spiro atoms. The van der Waals surface area contributed by atoms with E-state index < -0.39 is 13.3 Å². The minimum absolute atomic E-state index is 0.113. The standard InChI is InChI=1S/C17H20NO4P/c1-14-7-9-16(10-8-14)17(23(19,20)21)11-12-18-22-13-15-5-3-2-4-6-15/h2-10,12,17H,11,13H2,1H3,(H2,19,20,21)/b18-12+. The molecule has 0 fully saturated rings. The first-order valence-electron chi connectivity index (χ1n) is 7.26. The van der Waals surface area contributed by atoms with Crippen LogP contribution in [0.2, 0.25) is 0 Å². The summed E-state index contributed by atoms with van der Waals surface area (Å²) in [7, 11) is -4.27. The van der Waals surface area contributed by atoms with Crippen LogP contribution in [0, 0.1) is 6.92 Å². The molecule has 6 heteroatoms. The minimum atomic E-state index is -4.27. The molecule has 1 unspecified atom stereocenters. The van der Waals surface area contributed by atoms with Crippen molar-refractivity contribution < 1.29 is 19.2 Å². The second-order valence-corrected chi connectivity index (χ2v) is 7.10. The topological polar surface area (TPSA) is 79.1 Å². The Morgan fingerprint density at radius 2 is 1.78 bits per heavy atom. The fraction of sp³-hybridized carbons (Fsp3) is 0.235. The van der Waals surface area contributed by atoms with E-state index in [-0.39, 0.29) is 6.42 Å². The molecule has 5 nitrogen and oxygen atoms in total. The van der Waals surface area contributed by atoms with E-state index in [1.54, 1.807) is 12.1 Å². The third-order valence-corrected chi connectivity index (χ3v) is 4.74. The first-order valence-corrected chi connectivity index (χ1v) is 8.94. The fourth-order valence-corrected chi connectivity index (χ4v) is 3.07. The van der Waals surface area contributed by atoms with Crippen LogP contribution in [0.15, 0.2) is 59.8 Å². The predicted octanol–water partition coefficient (Wildman–Crippen LogP) is 3.81. The molecule has 0 amide bonds. The van der Waals surface area contributed by atoms with E-state index >= 15 is 0 Å². The molecule has 0 aromatic heterocycles. The summed E-state index contributed by atoms with van der Waals surface area (Å²) in [5.41, 5.74) is 1.71. The van der Waals surface area contributed by atoms with E-state index in [4.69, 9.17) is 4.84 Å². The van der Waals surface area contributed by atoms with E-state index in [0.29, 0.717) is 12.2 Å². The summed E-state index contributed by atoms with van der Waals surface area (Å²) in [6.07, 6.45) is 1.52. The summed E-state index contributed by atoms with van der Waals surface area (Å²) in [5.74, 6) is 0. The van der Waals surface area contributed by atoms with Gasteiger partial charge in [-0.15, -0.1) is 0 Å². The van der Waals surface area contributed by atoms with E-state index in [1.807, 2.05) is 49.4 Å². The van der Waals surface area contributed by atoms with Crippen LogP contribution in [-0.2, 0) is 16.0 Å². The number of aryl methyl sites for hydroxylation is 1. The molecule has 2 aromatic carbocycles. The van der Waals surface area contributed by atoms with Crippen molar-refractivity contribution in [1.82, 2.24) is 0 Å². The molecule has 0 aliphatic rings. The molecular formula is C17H20NO4P. The summed E-state index contributed by atoms with van der Waals surface area (Å²) in [5, 5.41) is 3.79. The Morgan fingerprint density at radius 3 is 2.39 bits per heavy atom. The number of hydrogen-bond donors (Lipinski definition) is 2. The van der Waals surface area contributed by atoms with Crippen molar-refractivity contribution in [3.8, 4) is 0 Å². The maximum Gasteiger partial charge on any atom is 0.333 e. The molecule has 122 valence electrons. The summed E-state index contributed by atoms with van der Waals surface area (Å²) in [4.78, 5) is 24.2. The predicted molar refractivity (Wildman–Crippen MR) is 90.3 cm³/mol. The summed E-state index contributed by atoms with van der Waals surface area (Å²) in [6.45, 7) is 2.25. The lowest BCUT2D eigenvalue weighted by molar-refractivity contribution is 0.131. The lowest BCUT2D eigenvalue weighted by atomic mass is 10.1. The molecule has 0 heterocycles. The van der Waals surface area contributed by atoms with Gasteiger partial charge in [0.05, 0.1) is 5.66 Å². The smallest absolute Gasteiger partial charge is 0.333 e. The summed E-state index contributed by atoms with van der Waals surface area (Å²) < 4.78 is 11.7. The van der Waals surface area contributed by atoms with Gasteiger partial charge in [-0.05, 0) is 18.1 Å². The highest BCUT2D eigenvalue weighted by Gasteiger charge is 2.29. The molecule has 0 bridgehead atoms. The first kappa shape index (κ1) is 17.4. The van der Waals surface area contributed by atoms with Crippen molar-refractivity contribution in [2.75, 3.05) is 0 Å². The van der Waals surface area contributed by atoms with Crippen LogP contribution in [-0.4, -0.2) is 16.0 Å². The Morgan fingerprint density at radius 1 is 1.13 bits per heavy atom. The molecular weight excluding hydrogens is 313 g/mol. The van der Waals surface area contributed by atoms with E-state index in [0.717, 1.165) is 11.1 Å². The van der Waals surface area contributed by atoms with Crippen molar-refractivity contribution in [3.05, 3.63) is 71.3 Å². The Hall–Kier alpha value is -1.94. The van der Waals surface area contributed by atoms with Gasteiger partial charge >= 0.3 is 7.60 Å². The number of benzene rings is 2. The van der Waals surface area contributed by atoms with Crippen LogP contribution >= 0.6 is 7.60 Å². The van der Waals surface area contributed by atoms with Crippen molar-refractivity contribution >= 4 is 13.8 Å². The Balaban J connectivity index is 1.95. The Kier molecular flexibility index (Phi) is 6.11. The van der Waals surface area contributed by atoms with E-state index in [1.165, 1.54) is 6.21 Å². The summed E-state index contributed by atoms with van der Waals surface area (Å²) in [6, 6.07) is 16.7. The van der Waals surface area contributed by atoms with Gasteiger partial charge in [0.15, 0.2) is 0 Å². The largest absolute Gasteiger partial charge is 0.391 e. The van der Waals surface area contributed by atoms with Gasteiger partial charge in [-0.3, -0.25) is 4.57 Å². The van der Waals surface area contributed by atoms with E-state index in [9.17, 15) is 14.4 Å². The van der Waals surface area contributed by atoms with Gasteiger partial charge in [0.25, 0.3) is 0 Å². The van der Waals surface area contributed by atoms with Gasteiger partial charge in [0.1, 0.15) is 6.61 Å². The molecule has 2 aromatic rings. The van der Waals surface area contributed by atoms with Gasteiger partial charge in [-0.2, -0.15) is 0 Å². The molecule has 23 heavy (non-hydrogen) atoms. The van der Waals surface area contributed by atoms with Crippen molar-refractivity contribution in [2.24, 2.45) is 5.16 Å². The monoisotopic (exact) mass is 333 g/mol. The van der Waals surface area contributed by atoms with Crippen LogP contribution in [0.25, 0.3) is 0 Å². The Labute approximate surface area is 135 Å². The van der Waals surface area contributed by atoms with Crippen molar-refractivity contribution in [3.63, 3.8) is 0 Å². The maximum atomic E-state index is 11.7. The number of nitrogens with zero attached hydrogens (tertiary/aromatic N) is 1. The van der Waals surface area contributed by atoms with Crippen LogP contribution in [0.3, 0.4) is 0 Å². The second-order valence-electron chi connectivity index (χ2n) is 5.30. The highest BCUT2D eigenvalue weighted by Crippen LogP contribution is 2.53. The minimum Gasteiger partial charge on any atom is -0.391 e. The highest BCUT2D eigenvalue weighted by molar-refractivity contribution is 7.52. The SMILES string of the molecule is Cc1ccc(C(C/C=N/OCc2ccccc2)P(=O)(O)O)cc1. The maximum absolute atomic E-state index is 11.7. The first-order chi connectivity index (χ1) is 11.0. The molecule has 0 aliphatic heterocycles. The quantitative estimate of drug-likeness (QED) is 0.459. The molecule has 0 radical (unpaired) electrons. The van der Waals surface area contributed by atoms with Crippen LogP contribution in [0.5, 0.6) is 0 Å². The average Bonchev–Trinajstić information content (AvgIpc) is 2.52. The number of rotatable bonds is 7. The zero-order chi connectivity index (χ0) is 16.7. The normalized spacial score (nSPS) is 13.2. The van der Waals surface area contributed by atoms with Crippen molar-refractivity contribution in [2.45, 2.75) is 25.6 Å². The average molecular weight is 333 g/mol. The lowest BCUT2D eigenvalue weighted by Crippen LogP contribution is -2.01.